The molecule has 7 heteroatoms. The Hall–Kier alpha value is -2.67. The van der Waals surface area contributed by atoms with E-state index in [1.807, 2.05) is 45.0 Å². The highest BCUT2D eigenvalue weighted by molar-refractivity contribution is 9.10. The fourth-order valence-electron chi connectivity index (χ4n) is 2.75. The van der Waals surface area contributed by atoms with Gasteiger partial charge in [0.15, 0.2) is 0 Å². The van der Waals surface area contributed by atoms with E-state index < -0.39 is 5.82 Å². The number of halogens is 2. The summed E-state index contributed by atoms with van der Waals surface area (Å²) in [7, 11) is 0. The van der Waals surface area contributed by atoms with E-state index in [9.17, 15) is 9.18 Å². The van der Waals surface area contributed by atoms with Gasteiger partial charge in [-0.05, 0) is 51.1 Å². The van der Waals surface area contributed by atoms with E-state index in [0.717, 1.165) is 17.1 Å². The highest BCUT2D eigenvalue weighted by atomic mass is 79.9. The number of rotatable bonds is 5. The van der Waals surface area contributed by atoms with Gasteiger partial charge in [-0.1, -0.05) is 33.6 Å². The van der Waals surface area contributed by atoms with E-state index in [2.05, 4.69) is 31.7 Å². The van der Waals surface area contributed by atoms with Crippen LogP contribution in [0.2, 0.25) is 0 Å². The van der Waals surface area contributed by atoms with Crippen molar-refractivity contribution >= 4 is 33.2 Å². The van der Waals surface area contributed by atoms with Crippen LogP contribution in [-0.2, 0) is 4.79 Å². The van der Waals surface area contributed by atoms with Gasteiger partial charge >= 0.3 is 0 Å². The smallest absolute Gasteiger partial charge is 0.243 e. The van der Waals surface area contributed by atoms with Crippen LogP contribution in [0.5, 0.6) is 0 Å². The number of hydrogen-bond acceptors (Lipinski definition) is 3. The van der Waals surface area contributed by atoms with Crippen molar-refractivity contribution in [3.05, 3.63) is 69.7 Å². The van der Waals surface area contributed by atoms with Gasteiger partial charge < -0.3 is 10.6 Å². The molecular weight excluding hydrogens is 411 g/mol. The molecule has 1 aromatic heterocycles. The molecule has 0 radical (unpaired) electrons. The molecule has 2 N–H and O–H groups in total. The summed E-state index contributed by atoms with van der Waals surface area (Å²) in [5.74, 6) is -0.691. The lowest BCUT2D eigenvalue weighted by Gasteiger charge is -2.10. The van der Waals surface area contributed by atoms with Crippen LogP contribution in [0, 0.1) is 26.6 Å². The number of aryl methyl sites for hydroxylation is 2. The Morgan fingerprint density at radius 3 is 2.52 bits per heavy atom. The topological polar surface area (TPSA) is 59.0 Å². The summed E-state index contributed by atoms with van der Waals surface area (Å²) in [6.07, 6.45) is 0. The van der Waals surface area contributed by atoms with Crippen molar-refractivity contribution < 1.29 is 9.18 Å². The molecule has 5 nitrogen and oxygen atoms in total. The molecule has 0 unspecified atom stereocenters. The maximum Gasteiger partial charge on any atom is 0.243 e. The number of nitrogens with zero attached hydrogens (tertiary/aromatic N) is 2. The quantitative estimate of drug-likeness (QED) is 0.613. The van der Waals surface area contributed by atoms with Gasteiger partial charge in [0.25, 0.3) is 0 Å². The van der Waals surface area contributed by atoms with Crippen molar-refractivity contribution in [1.82, 2.24) is 9.78 Å². The molecule has 1 heterocycles. The fraction of sp³-hybridized carbons (Fsp3) is 0.200. The van der Waals surface area contributed by atoms with E-state index in [1.165, 1.54) is 11.6 Å². The largest absolute Gasteiger partial charge is 0.374 e. The molecule has 0 saturated carbocycles. The summed E-state index contributed by atoms with van der Waals surface area (Å²) in [5, 5.41) is 10.2. The molecular formula is C20H20BrFN4O. The maximum atomic E-state index is 13.8. The molecule has 0 saturated heterocycles. The van der Waals surface area contributed by atoms with Gasteiger partial charge in [0, 0.05) is 4.47 Å². The summed E-state index contributed by atoms with van der Waals surface area (Å²) in [5.41, 5.74) is 4.59. The van der Waals surface area contributed by atoms with Crippen molar-refractivity contribution in [3.8, 4) is 5.69 Å². The highest BCUT2D eigenvalue weighted by Gasteiger charge is 2.15. The molecule has 3 rings (SSSR count). The standard InChI is InChI=1S/C20H20BrFN4O/c1-12-4-7-16(8-5-12)26-14(3)20(13(2)25-26)24-19(27)11-23-18-9-6-15(21)10-17(18)22/h4-10,23H,11H2,1-3H3,(H,24,27). The van der Waals surface area contributed by atoms with Crippen molar-refractivity contribution in [2.24, 2.45) is 0 Å². The highest BCUT2D eigenvalue weighted by Crippen LogP contribution is 2.23. The Morgan fingerprint density at radius 1 is 1.15 bits per heavy atom. The third kappa shape index (κ3) is 4.36. The molecule has 0 aliphatic heterocycles. The van der Waals surface area contributed by atoms with Gasteiger partial charge in [-0.15, -0.1) is 0 Å². The number of benzene rings is 2. The molecule has 0 aliphatic carbocycles. The van der Waals surface area contributed by atoms with E-state index >= 15 is 0 Å². The summed E-state index contributed by atoms with van der Waals surface area (Å²) >= 11 is 3.21. The molecule has 0 aliphatic rings. The summed E-state index contributed by atoms with van der Waals surface area (Å²) in [6, 6.07) is 12.6. The summed E-state index contributed by atoms with van der Waals surface area (Å²) in [4.78, 5) is 12.3. The number of aromatic nitrogens is 2. The van der Waals surface area contributed by atoms with Crippen molar-refractivity contribution in [2.45, 2.75) is 20.8 Å². The predicted molar refractivity (Wildman–Crippen MR) is 109 cm³/mol. The Bertz CT molecular complexity index is 982. The van der Waals surface area contributed by atoms with E-state index in [0.29, 0.717) is 10.2 Å². The Balaban J connectivity index is 1.71. The molecule has 3 aromatic rings. The lowest BCUT2D eigenvalue weighted by Crippen LogP contribution is -2.22. The van der Waals surface area contributed by atoms with Gasteiger partial charge in [0.05, 0.1) is 35.0 Å². The number of anilines is 2. The van der Waals surface area contributed by atoms with Crippen LogP contribution in [-0.4, -0.2) is 22.2 Å². The second-order valence-electron chi connectivity index (χ2n) is 6.32. The normalized spacial score (nSPS) is 10.7. The number of amides is 1. The SMILES string of the molecule is Cc1ccc(-n2nc(C)c(NC(=O)CNc3ccc(Br)cc3F)c2C)cc1. The molecule has 140 valence electrons. The van der Waals surface area contributed by atoms with Gasteiger partial charge in [-0.2, -0.15) is 5.10 Å². The first-order valence-electron chi connectivity index (χ1n) is 8.47. The molecule has 2 aromatic carbocycles. The first-order chi connectivity index (χ1) is 12.8. The monoisotopic (exact) mass is 430 g/mol. The van der Waals surface area contributed by atoms with Crippen molar-refractivity contribution in [1.29, 1.82) is 0 Å². The van der Waals surface area contributed by atoms with Crippen LogP contribution in [0.3, 0.4) is 0 Å². The summed E-state index contributed by atoms with van der Waals surface area (Å²) < 4.78 is 16.3. The minimum Gasteiger partial charge on any atom is -0.374 e. The molecule has 0 fully saturated rings. The minimum absolute atomic E-state index is 0.0485. The predicted octanol–water partition coefficient (Wildman–Crippen LogP) is 4.75. The number of hydrogen-bond donors (Lipinski definition) is 2. The first-order valence-corrected chi connectivity index (χ1v) is 9.26. The molecule has 0 atom stereocenters. The molecule has 0 spiro atoms. The second kappa shape index (κ2) is 7.92. The van der Waals surface area contributed by atoms with Crippen LogP contribution in [0.4, 0.5) is 15.8 Å². The molecule has 1 amide bonds. The Morgan fingerprint density at radius 2 is 1.85 bits per heavy atom. The fourth-order valence-corrected chi connectivity index (χ4v) is 3.09. The average Bonchev–Trinajstić information content (AvgIpc) is 2.90. The zero-order chi connectivity index (χ0) is 19.6. The van der Waals surface area contributed by atoms with E-state index in [1.54, 1.807) is 16.8 Å². The maximum absolute atomic E-state index is 13.8. The van der Waals surface area contributed by atoms with Crippen molar-refractivity contribution in [2.75, 3.05) is 17.2 Å². The van der Waals surface area contributed by atoms with Gasteiger partial charge in [0.2, 0.25) is 5.91 Å². The third-order valence-corrected chi connectivity index (χ3v) is 4.70. The van der Waals surface area contributed by atoms with Crippen LogP contribution in [0.1, 0.15) is 17.0 Å². The molecule has 0 bridgehead atoms. The summed E-state index contributed by atoms with van der Waals surface area (Å²) in [6.45, 7) is 5.72. The zero-order valence-corrected chi connectivity index (χ0v) is 16.9. The lowest BCUT2D eigenvalue weighted by molar-refractivity contribution is -0.114. The lowest BCUT2D eigenvalue weighted by atomic mass is 10.2. The van der Waals surface area contributed by atoms with Gasteiger partial charge in [-0.25, -0.2) is 9.07 Å². The Kier molecular flexibility index (Phi) is 5.60. The number of carbonyl (C=O) groups is 1. The van der Waals surface area contributed by atoms with E-state index in [-0.39, 0.29) is 18.1 Å². The van der Waals surface area contributed by atoms with Gasteiger partial charge in [0.1, 0.15) is 5.82 Å². The van der Waals surface area contributed by atoms with Crippen LogP contribution in [0.25, 0.3) is 5.69 Å². The van der Waals surface area contributed by atoms with Crippen LogP contribution >= 0.6 is 15.9 Å². The number of carbonyl (C=O) groups excluding carboxylic acids is 1. The number of nitrogens with one attached hydrogen (secondary N) is 2. The first kappa shape index (κ1) is 19.1. The van der Waals surface area contributed by atoms with Gasteiger partial charge in [-0.3, -0.25) is 4.79 Å². The zero-order valence-electron chi connectivity index (χ0n) is 15.3. The average molecular weight is 431 g/mol. The minimum atomic E-state index is -0.420. The molecule has 27 heavy (non-hydrogen) atoms. The van der Waals surface area contributed by atoms with Crippen LogP contribution in [0.15, 0.2) is 46.9 Å². The second-order valence-corrected chi connectivity index (χ2v) is 7.23. The Labute approximate surface area is 165 Å². The third-order valence-electron chi connectivity index (χ3n) is 4.20. The van der Waals surface area contributed by atoms with Crippen LogP contribution < -0.4 is 10.6 Å². The van der Waals surface area contributed by atoms with E-state index in [4.69, 9.17) is 0 Å². The van der Waals surface area contributed by atoms with Crippen molar-refractivity contribution in [3.63, 3.8) is 0 Å².